The van der Waals surface area contributed by atoms with Gasteiger partial charge in [-0.15, -0.1) is 0 Å². The van der Waals surface area contributed by atoms with Gasteiger partial charge < -0.3 is 29.9 Å². The molecule has 13 nitrogen and oxygen atoms in total. The number of carbonyl (C=O) groups is 3. The van der Waals surface area contributed by atoms with Gasteiger partial charge in [0, 0.05) is 72.9 Å². The molecule has 6 rings (SSSR count). The number of methoxy groups -OCH3 is 2. The van der Waals surface area contributed by atoms with Gasteiger partial charge in [-0.1, -0.05) is 48.0 Å². The first-order valence-corrected chi connectivity index (χ1v) is 18.6. The minimum atomic E-state index is -0.464. The summed E-state index contributed by atoms with van der Waals surface area (Å²) in [6, 6.07) is 10.0. The van der Waals surface area contributed by atoms with Crippen LogP contribution in [0.2, 0.25) is 10.0 Å². The quantitative estimate of drug-likeness (QED) is 0.144. The first kappa shape index (κ1) is 39.5. The number of amides is 2. The molecule has 0 spiro atoms. The monoisotopic (exact) mass is 787 g/mol. The highest BCUT2D eigenvalue weighted by Gasteiger charge is 2.41. The van der Waals surface area contributed by atoms with Crippen molar-refractivity contribution in [3.05, 3.63) is 93.4 Å². The molecule has 15 heteroatoms. The molecular weight excluding hydrogens is 745 g/mol. The Morgan fingerprint density at radius 3 is 2.44 bits per heavy atom. The van der Waals surface area contributed by atoms with Gasteiger partial charge in [-0.3, -0.25) is 23.7 Å². The summed E-state index contributed by atoms with van der Waals surface area (Å²) in [7, 11) is 6.72. The van der Waals surface area contributed by atoms with E-state index in [1.54, 1.807) is 47.5 Å². The van der Waals surface area contributed by atoms with Crippen LogP contribution >= 0.6 is 23.2 Å². The highest BCUT2D eigenvalue weighted by Crippen LogP contribution is 2.45. The van der Waals surface area contributed by atoms with Gasteiger partial charge in [-0.2, -0.15) is 4.98 Å². The zero-order valence-corrected chi connectivity index (χ0v) is 32.6. The van der Waals surface area contributed by atoms with Crippen LogP contribution in [-0.4, -0.2) is 95.9 Å². The molecule has 2 atom stereocenters. The van der Waals surface area contributed by atoms with E-state index in [-0.39, 0.29) is 87.1 Å². The fourth-order valence-corrected chi connectivity index (χ4v) is 7.38. The highest BCUT2D eigenvalue weighted by molar-refractivity contribution is 6.41. The third-order valence-electron chi connectivity index (χ3n) is 9.63. The molecule has 2 N–H and O–H groups in total. The molecule has 2 unspecified atom stereocenters. The third-order valence-corrected chi connectivity index (χ3v) is 10.4. The molecule has 1 saturated carbocycles. The van der Waals surface area contributed by atoms with Crippen molar-refractivity contribution in [2.45, 2.75) is 31.8 Å². The number of likely N-dealkylation sites (tertiary alicyclic amines) is 1. The summed E-state index contributed by atoms with van der Waals surface area (Å²) in [4.78, 5) is 66.0. The number of likely N-dealkylation sites (N-methyl/N-ethyl adjacent to an activating group) is 1. The molecule has 0 radical (unpaired) electrons. The Hall–Kier alpha value is -5.24. The molecule has 1 saturated heterocycles. The summed E-state index contributed by atoms with van der Waals surface area (Å²) >= 11 is 13.6. The number of rotatable bonds is 15. The van der Waals surface area contributed by atoms with Crippen molar-refractivity contribution < 1.29 is 23.9 Å². The van der Waals surface area contributed by atoms with Crippen LogP contribution in [0.4, 0.5) is 11.6 Å². The average molecular weight is 789 g/mol. The molecule has 4 aromatic rings. The van der Waals surface area contributed by atoms with E-state index in [0.29, 0.717) is 41.9 Å². The predicted octanol–water partition coefficient (Wildman–Crippen LogP) is 5.68. The third kappa shape index (κ3) is 9.01. The van der Waals surface area contributed by atoms with Crippen LogP contribution in [0.3, 0.4) is 0 Å². The van der Waals surface area contributed by atoms with Gasteiger partial charge in [0.15, 0.2) is 5.78 Å². The SMILES string of the molecule is C=CC(=O)CC1CN(C(=O)C2CC2)CC1Nc1ncc2cc(-c3c(Cl)c(OC)cc(OC)c3Cl)c(=O)n(Cc3cccc(NC(=O)/C=C/CN(C)C)c3)c2n1. The number of aromatic nitrogens is 3. The number of allylic oxidation sites excluding steroid dienone is 1. The Kier molecular flexibility index (Phi) is 12.2. The van der Waals surface area contributed by atoms with Crippen molar-refractivity contribution in [1.29, 1.82) is 0 Å². The number of hydrogen-bond acceptors (Lipinski definition) is 10. The number of fused-ring (bicyclic) bond motifs is 1. The van der Waals surface area contributed by atoms with Gasteiger partial charge in [-0.05, 0) is 56.8 Å². The number of ether oxygens (including phenoxy) is 2. The van der Waals surface area contributed by atoms with Gasteiger partial charge in [0.1, 0.15) is 17.1 Å². The Labute approximate surface area is 328 Å². The Bertz CT molecular complexity index is 2210. The summed E-state index contributed by atoms with van der Waals surface area (Å²) in [6.07, 6.45) is 8.08. The van der Waals surface area contributed by atoms with Gasteiger partial charge >= 0.3 is 0 Å². The zero-order chi connectivity index (χ0) is 39.4. The number of ketones is 1. The second-order valence-corrected chi connectivity index (χ2v) is 14.7. The molecular formula is C40H43Cl2N7O6. The average Bonchev–Trinajstić information content (AvgIpc) is 3.94. The van der Waals surface area contributed by atoms with Crippen molar-refractivity contribution in [2.24, 2.45) is 11.8 Å². The van der Waals surface area contributed by atoms with Gasteiger partial charge in [-0.25, -0.2) is 4.98 Å². The van der Waals surface area contributed by atoms with Gasteiger partial charge in [0.05, 0.1) is 42.4 Å². The smallest absolute Gasteiger partial charge is 0.260 e. The minimum absolute atomic E-state index is 0.0352. The van der Waals surface area contributed by atoms with E-state index in [9.17, 15) is 19.2 Å². The number of nitrogens with one attached hydrogen (secondary N) is 2. The fraction of sp³-hybridized carbons (Fsp3) is 0.350. The van der Waals surface area contributed by atoms with Gasteiger partial charge in [0.25, 0.3) is 5.56 Å². The second-order valence-electron chi connectivity index (χ2n) is 14.0. The normalized spacial score (nSPS) is 16.8. The largest absolute Gasteiger partial charge is 0.495 e. The van der Waals surface area contributed by atoms with Crippen molar-refractivity contribution in [2.75, 3.05) is 58.6 Å². The van der Waals surface area contributed by atoms with E-state index in [4.69, 9.17) is 37.7 Å². The van der Waals surface area contributed by atoms with Crippen molar-refractivity contribution in [1.82, 2.24) is 24.3 Å². The lowest BCUT2D eigenvalue weighted by Gasteiger charge is -2.20. The van der Waals surface area contributed by atoms with E-state index >= 15 is 0 Å². The van der Waals surface area contributed by atoms with E-state index in [1.807, 2.05) is 25.1 Å². The first-order valence-electron chi connectivity index (χ1n) is 17.8. The molecule has 2 aromatic heterocycles. The lowest BCUT2D eigenvalue weighted by atomic mass is 9.97. The topological polar surface area (TPSA) is 148 Å². The molecule has 1 aliphatic heterocycles. The van der Waals surface area contributed by atoms with E-state index in [0.717, 1.165) is 12.8 Å². The number of benzene rings is 2. The maximum Gasteiger partial charge on any atom is 0.260 e. The lowest BCUT2D eigenvalue weighted by Crippen LogP contribution is -2.33. The number of anilines is 2. The van der Waals surface area contributed by atoms with Crippen LogP contribution in [0, 0.1) is 11.8 Å². The standard InChI is InChI=1S/C40H43Cl2N7O6/c1-6-28(50)16-26-21-48(38(52)24-12-13-24)22-30(26)45-40-43-19-25-17-29(34-35(41)31(54-4)18-32(55-5)36(34)42)39(53)49(37(25)46-40)20-23-9-7-10-27(15-23)44-33(51)11-8-14-47(2)3/h6-11,15,17-19,24,26,30H,1,12-14,16,20-22H2,2-5H3,(H,44,51)(H,43,45,46)/b11-8+. The van der Waals surface area contributed by atoms with Crippen LogP contribution in [-0.2, 0) is 20.9 Å². The van der Waals surface area contributed by atoms with Crippen LogP contribution in [0.25, 0.3) is 22.2 Å². The van der Waals surface area contributed by atoms with E-state index in [1.165, 1.54) is 30.9 Å². The zero-order valence-electron chi connectivity index (χ0n) is 31.1. The summed E-state index contributed by atoms with van der Waals surface area (Å²) < 4.78 is 12.5. The lowest BCUT2D eigenvalue weighted by molar-refractivity contribution is -0.131. The van der Waals surface area contributed by atoms with Crippen LogP contribution in [0.1, 0.15) is 24.8 Å². The summed E-state index contributed by atoms with van der Waals surface area (Å²) in [6.45, 7) is 5.09. The molecule has 2 amide bonds. The number of halogens is 2. The first-order chi connectivity index (χ1) is 26.4. The molecule has 2 aliphatic rings. The molecule has 0 bridgehead atoms. The highest BCUT2D eigenvalue weighted by atomic mass is 35.5. The number of nitrogens with zero attached hydrogens (tertiary/aromatic N) is 5. The Morgan fingerprint density at radius 1 is 1.05 bits per heavy atom. The predicted molar refractivity (Wildman–Crippen MR) is 214 cm³/mol. The molecule has 2 fully saturated rings. The summed E-state index contributed by atoms with van der Waals surface area (Å²) in [5.41, 5.74) is 1.45. The molecule has 55 heavy (non-hydrogen) atoms. The summed E-state index contributed by atoms with van der Waals surface area (Å²) in [5, 5.41) is 6.98. The number of carbonyl (C=O) groups excluding carboxylic acids is 3. The molecule has 2 aromatic carbocycles. The Morgan fingerprint density at radius 2 is 1.78 bits per heavy atom. The number of hydrogen-bond donors (Lipinski definition) is 2. The van der Waals surface area contributed by atoms with Crippen LogP contribution in [0.5, 0.6) is 11.5 Å². The van der Waals surface area contributed by atoms with E-state index in [2.05, 4.69) is 22.2 Å². The maximum atomic E-state index is 14.7. The van der Waals surface area contributed by atoms with Crippen molar-refractivity contribution >= 4 is 63.5 Å². The Balaban J connectivity index is 1.42. The summed E-state index contributed by atoms with van der Waals surface area (Å²) in [5.74, 6) is 0.272. The number of pyridine rings is 1. The van der Waals surface area contributed by atoms with Gasteiger partial charge in [0.2, 0.25) is 17.8 Å². The van der Waals surface area contributed by atoms with E-state index < -0.39 is 5.56 Å². The van der Waals surface area contributed by atoms with Crippen LogP contribution in [0.15, 0.2) is 72.2 Å². The van der Waals surface area contributed by atoms with Crippen LogP contribution < -0.4 is 25.7 Å². The molecule has 3 heterocycles. The second kappa shape index (κ2) is 17.1. The maximum absolute atomic E-state index is 14.7. The van der Waals surface area contributed by atoms with Crippen molar-refractivity contribution in [3.8, 4) is 22.6 Å². The molecule has 1 aliphatic carbocycles. The fourth-order valence-electron chi connectivity index (χ4n) is 6.68. The molecule has 288 valence electrons. The minimum Gasteiger partial charge on any atom is -0.495 e. The van der Waals surface area contributed by atoms with Crippen molar-refractivity contribution in [3.63, 3.8) is 0 Å².